The van der Waals surface area contributed by atoms with E-state index in [-0.39, 0.29) is 17.9 Å². The molecule has 160 valence electrons. The number of ether oxygens (including phenoxy) is 2. The molecular formula is C23H24N4O4. The lowest BCUT2D eigenvalue weighted by molar-refractivity contribution is -0.120. The number of rotatable bonds is 7. The van der Waals surface area contributed by atoms with Crippen LogP contribution < -0.4 is 20.3 Å². The van der Waals surface area contributed by atoms with Crippen LogP contribution in [0.4, 0.5) is 0 Å². The lowest BCUT2D eigenvalue weighted by atomic mass is 10.1. The van der Waals surface area contributed by atoms with Crippen LogP contribution in [0, 0.1) is 6.92 Å². The van der Waals surface area contributed by atoms with E-state index in [4.69, 9.17) is 9.47 Å². The van der Waals surface area contributed by atoms with Crippen molar-refractivity contribution in [2.75, 3.05) is 20.8 Å². The first-order valence-electron chi connectivity index (χ1n) is 9.96. The number of amides is 1. The van der Waals surface area contributed by atoms with Crippen LogP contribution in [0.25, 0.3) is 21.8 Å². The van der Waals surface area contributed by atoms with Gasteiger partial charge in [0.2, 0.25) is 5.91 Å². The maximum absolute atomic E-state index is 13.0. The number of nitrogens with one attached hydrogen (secondary N) is 2. The molecule has 0 fully saturated rings. The Hall–Kier alpha value is -3.81. The molecule has 2 aromatic carbocycles. The number of carbonyl (C=O) groups is 1. The molecule has 0 aliphatic carbocycles. The van der Waals surface area contributed by atoms with Crippen molar-refractivity contribution >= 4 is 27.7 Å². The molecule has 2 N–H and O–H groups in total. The van der Waals surface area contributed by atoms with Crippen molar-refractivity contribution < 1.29 is 14.3 Å². The van der Waals surface area contributed by atoms with Gasteiger partial charge < -0.3 is 19.8 Å². The van der Waals surface area contributed by atoms with E-state index in [1.807, 2.05) is 30.5 Å². The van der Waals surface area contributed by atoms with E-state index < -0.39 is 0 Å². The van der Waals surface area contributed by atoms with Gasteiger partial charge in [0.25, 0.3) is 5.56 Å². The van der Waals surface area contributed by atoms with E-state index in [1.165, 1.54) is 14.2 Å². The van der Waals surface area contributed by atoms with Gasteiger partial charge in [-0.3, -0.25) is 14.2 Å². The highest BCUT2D eigenvalue weighted by molar-refractivity contribution is 5.88. The van der Waals surface area contributed by atoms with Crippen LogP contribution in [0.1, 0.15) is 11.4 Å². The molecule has 0 saturated heterocycles. The average molecular weight is 420 g/mol. The summed E-state index contributed by atoms with van der Waals surface area (Å²) < 4.78 is 12.1. The number of nitrogens with zero attached hydrogens (tertiary/aromatic N) is 2. The first-order chi connectivity index (χ1) is 15.0. The van der Waals surface area contributed by atoms with Gasteiger partial charge in [-0.15, -0.1) is 0 Å². The van der Waals surface area contributed by atoms with Crippen LogP contribution in [0.3, 0.4) is 0 Å². The summed E-state index contributed by atoms with van der Waals surface area (Å²) in [6, 6.07) is 11.2. The second kappa shape index (κ2) is 8.51. The summed E-state index contributed by atoms with van der Waals surface area (Å²) >= 11 is 0. The van der Waals surface area contributed by atoms with Crippen molar-refractivity contribution in [1.82, 2.24) is 19.9 Å². The van der Waals surface area contributed by atoms with Crippen molar-refractivity contribution in [2.24, 2.45) is 0 Å². The normalized spacial score (nSPS) is 11.1. The highest BCUT2D eigenvalue weighted by Gasteiger charge is 2.14. The van der Waals surface area contributed by atoms with Crippen LogP contribution in [-0.2, 0) is 17.8 Å². The van der Waals surface area contributed by atoms with E-state index in [9.17, 15) is 9.59 Å². The fourth-order valence-electron chi connectivity index (χ4n) is 3.74. The summed E-state index contributed by atoms with van der Waals surface area (Å²) in [5.74, 6) is 1.45. The molecule has 31 heavy (non-hydrogen) atoms. The number of benzene rings is 2. The van der Waals surface area contributed by atoms with E-state index in [2.05, 4.69) is 15.3 Å². The van der Waals surface area contributed by atoms with Gasteiger partial charge in [-0.2, -0.15) is 0 Å². The summed E-state index contributed by atoms with van der Waals surface area (Å²) in [6.07, 6.45) is 2.12. The molecule has 0 aliphatic heterocycles. The molecule has 4 aromatic rings. The van der Waals surface area contributed by atoms with Crippen LogP contribution in [0.15, 0.2) is 47.4 Å². The second-order valence-electron chi connectivity index (χ2n) is 7.23. The van der Waals surface area contributed by atoms with Gasteiger partial charge in [0, 0.05) is 36.3 Å². The van der Waals surface area contributed by atoms with E-state index in [0.717, 1.165) is 16.5 Å². The third-order valence-corrected chi connectivity index (χ3v) is 5.33. The zero-order chi connectivity index (χ0) is 22.0. The maximum Gasteiger partial charge on any atom is 0.261 e. The predicted octanol–water partition coefficient (Wildman–Crippen LogP) is 2.56. The van der Waals surface area contributed by atoms with Gasteiger partial charge in [-0.1, -0.05) is 18.2 Å². The fraction of sp³-hybridized carbons (Fsp3) is 0.261. The monoisotopic (exact) mass is 420 g/mol. The molecule has 0 bridgehead atoms. The molecule has 0 radical (unpaired) electrons. The van der Waals surface area contributed by atoms with Crippen molar-refractivity contribution in [3.8, 4) is 11.5 Å². The second-order valence-corrected chi connectivity index (χ2v) is 7.23. The van der Waals surface area contributed by atoms with Crippen molar-refractivity contribution in [1.29, 1.82) is 0 Å². The number of hydrogen-bond acceptors (Lipinski definition) is 5. The van der Waals surface area contributed by atoms with Crippen molar-refractivity contribution in [2.45, 2.75) is 19.9 Å². The van der Waals surface area contributed by atoms with Gasteiger partial charge in [0.05, 0.1) is 31.5 Å². The number of fused-ring (bicyclic) bond motifs is 2. The number of para-hydroxylation sites is 1. The molecule has 0 saturated carbocycles. The third kappa shape index (κ3) is 3.96. The number of aryl methyl sites for hydroxylation is 1. The number of methoxy groups -OCH3 is 2. The van der Waals surface area contributed by atoms with Crippen molar-refractivity contribution in [3.63, 3.8) is 0 Å². The Bertz CT molecular complexity index is 1320. The molecule has 2 aromatic heterocycles. The fourth-order valence-corrected chi connectivity index (χ4v) is 3.74. The highest BCUT2D eigenvalue weighted by Crippen LogP contribution is 2.30. The van der Waals surface area contributed by atoms with Gasteiger partial charge in [0.1, 0.15) is 5.82 Å². The average Bonchev–Trinajstić information content (AvgIpc) is 3.18. The summed E-state index contributed by atoms with van der Waals surface area (Å²) in [7, 11) is 3.06. The maximum atomic E-state index is 13.0. The number of hydrogen-bond donors (Lipinski definition) is 2. The lowest BCUT2D eigenvalue weighted by Gasteiger charge is -2.13. The van der Waals surface area contributed by atoms with Crippen LogP contribution in [0.2, 0.25) is 0 Å². The topological polar surface area (TPSA) is 98.2 Å². The van der Waals surface area contributed by atoms with Gasteiger partial charge >= 0.3 is 0 Å². The Balaban J connectivity index is 1.48. The Kier molecular flexibility index (Phi) is 5.62. The first-order valence-corrected chi connectivity index (χ1v) is 9.96. The van der Waals surface area contributed by atoms with Crippen LogP contribution in [-0.4, -0.2) is 41.2 Å². The van der Waals surface area contributed by atoms with E-state index in [1.54, 1.807) is 23.6 Å². The molecule has 0 aliphatic rings. The molecule has 8 heteroatoms. The molecule has 8 nitrogen and oxygen atoms in total. The Morgan fingerprint density at radius 3 is 2.65 bits per heavy atom. The number of H-pyrrole nitrogens is 1. The predicted molar refractivity (Wildman–Crippen MR) is 119 cm³/mol. The zero-order valence-electron chi connectivity index (χ0n) is 17.7. The molecule has 0 atom stereocenters. The SMILES string of the molecule is COc1cc2nc(C)n(CCNC(=O)Cc3c[nH]c4ccccc34)c(=O)c2cc1OC. The number of aromatic nitrogens is 3. The summed E-state index contributed by atoms with van der Waals surface area (Å²) in [4.78, 5) is 33.1. The summed E-state index contributed by atoms with van der Waals surface area (Å²) in [6.45, 7) is 2.41. The zero-order valence-corrected chi connectivity index (χ0v) is 17.7. The van der Waals surface area contributed by atoms with Gasteiger partial charge in [0.15, 0.2) is 11.5 Å². The smallest absolute Gasteiger partial charge is 0.261 e. The molecule has 0 unspecified atom stereocenters. The Morgan fingerprint density at radius 1 is 1.13 bits per heavy atom. The van der Waals surface area contributed by atoms with Gasteiger partial charge in [-0.05, 0) is 24.6 Å². The summed E-state index contributed by atoms with van der Waals surface area (Å²) in [5, 5.41) is 4.37. The first kappa shape index (κ1) is 20.5. The third-order valence-electron chi connectivity index (χ3n) is 5.33. The van der Waals surface area contributed by atoms with Crippen LogP contribution >= 0.6 is 0 Å². The number of aromatic amines is 1. The Morgan fingerprint density at radius 2 is 1.87 bits per heavy atom. The molecule has 1 amide bonds. The molecule has 2 heterocycles. The van der Waals surface area contributed by atoms with E-state index >= 15 is 0 Å². The summed E-state index contributed by atoms with van der Waals surface area (Å²) in [5.41, 5.74) is 2.30. The van der Waals surface area contributed by atoms with Crippen LogP contribution in [0.5, 0.6) is 11.5 Å². The van der Waals surface area contributed by atoms with E-state index in [0.29, 0.717) is 41.3 Å². The standard InChI is InChI=1S/C23H24N4O4/c1-14-26-19-12-21(31-3)20(30-2)11-17(19)23(29)27(14)9-8-24-22(28)10-15-13-25-18-7-5-4-6-16(15)18/h4-7,11-13,25H,8-10H2,1-3H3,(H,24,28). The van der Waals surface area contributed by atoms with Gasteiger partial charge in [-0.25, -0.2) is 4.98 Å². The molecule has 0 spiro atoms. The molecule has 4 rings (SSSR count). The minimum atomic E-state index is -0.186. The minimum absolute atomic E-state index is 0.101. The minimum Gasteiger partial charge on any atom is -0.493 e. The quantitative estimate of drug-likeness (QED) is 0.479. The highest BCUT2D eigenvalue weighted by atomic mass is 16.5. The largest absolute Gasteiger partial charge is 0.493 e. The molecular weight excluding hydrogens is 396 g/mol. The number of carbonyl (C=O) groups excluding carboxylic acids is 1. The lowest BCUT2D eigenvalue weighted by Crippen LogP contribution is -2.33. The Labute approximate surface area is 178 Å². The van der Waals surface area contributed by atoms with Crippen molar-refractivity contribution in [3.05, 3.63) is 64.3 Å².